The summed E-state index contributed by atoms with van der Waals surface area (Å²) in [5, 5.41) is 8.70. The number of hydrogen-bond acceptors (Lipinski definition) is 2. The minimum Gasteiger partial charge on any atom is -0.480 e. The molecule has 0 amide bonds. The zero-order valence-electron chi connectivity index (χ0n) is 10.9. The van der Waals surface area contributed by atoms with Crippen LogP contribution < -0.4 is 0 Å². The third kappa shape index (κ3) is 4.23. The molecular formula is C14H16F3NO2. The summed E-state index contributed by atoms with van der Waals surface area (Å²) < 4.78 is 37.3. The van der Waals surface area contributed by atoms with Crippen molar-refractivity contribution in [2.24, 2.45) is 0 Å². The van der Waals surface area contributed by atoms with Gasteiger partial charge in [0.2, 0.25) is 0 Å². The molecule has 0 fully saturated rings. The second-order valence-electron chi connectivity index (χ2n) is 5.11. The third-order valence-electron chi connectivity index (χ3n) is 3.33. The molecule has 3 nitrogen and oxygen atoms in total. The maximum Gasteiger partial charge on any atom is 0.401 e. The van der Waals surface area contributed by atoms with E-state index in [1.807, 2.05) is 12.1 Å². The molecule has 0 aromatic heterocycles. The van der Waals surface area contributed by atoms with Gasteiger partial charge in [-0.15, -0.1) is 0 Å². The van der Waals surface area contributed by atoms with Crippen molar-refractivity contribution in [2.75, 3.05) is 13.1 Å². The summed E-state index contributed by atoms with van der Waals surface area (Å²) in [4.78, 5) is 11.6. The summed E-state index contributed by atoms with van der Waals surface area (Å²) in [5.41, 5.74) is 3.15. The average molecular weight is 287 g/mol. The minimum atomic E-state index is -4.40. The number of carboxylic acid groups (broad SMARTS) is 1. The lowest BCUT2D eigenvalue weighted by atomic mass is 10.1. The van der Waals surface area contributed by atoms with Gasteiger partial charge in [-0.1, -0.05) is 18.2 Å². The summed E-state index contributed by atoms with van der Waals surface area (Å²) >= 11 is 0. The molecule has 0 aliphatic heterocycles. The number of carboxylic acids is 1. The highest BCUT2D eigenvalue weighted by atomic mass is 19.4. The number of halogens is 3. The molecule has 1 N–H and O–H groups in total. The van der Waals surface area contributed by atoms with Crippen LogP contribution in [0.1, 0.15) is 23.1 Å². The van der Waals surface area contributed by atoms with Crippen LogP contribution in [0.15, 0.2) is 18.2 Å². The maximum atomic E-state index is 12.4. The molecular weight excluding hydrogens is 271 g/mol. The topological polar surface area (TPSA) is 40.5 Å². The molecule has 0 unspecified atom stereocenters. The average Bonchev–Trinajstić information content (AvgIpc) is 2.72. The molecule has 0 atom stereocenters. The SMILES string of the molecule is O=C(O)CN(Cc1ccc2c(c1)CCC2)CC(F)(F)F. The molecule has 6 heteroatoms. The van der Waals surface area contributed by atoms with Gasteiger partial charge in [-0.2, -0.15) is 13.2 Å². The molecule has 0 heterocycles. The minimum absolute atomic E-state index is 0.000903. The molecule has 0 bridgehead atoms. The van der Waals surface area contributed by atoms with Gasteiger partial charge in [0, 0.05) is 6.54 Å². The maximum absolute atomic E-state index is 12.4. The van der Waals surface area contributed by atoms with Crippen LogP contribution in [0.25, 0.3) is 0 Å². The number of carbonyl (C=O) groups is 1. The quantitative estimate of drug-likeness (QED) is 0.905. The Morgan fingerprint density at radius 2 is 1.95 bits per heavy atom. The molecule has 110 valence electrons. The molecule has 1 aromatic rings. The van der Waals surface area contributed by atoms with E-state index >= 15 is 0 Å². The van der Waals surface area contributed by atoms with Gasteiger partial charge in [0.1, 0.15) is 0 Å². The Labute approximate surface area is 115 Å². The largest absolute Gasteiger partial charge is 0.480 e. The summed E-state index contributed by atoms with van der Waals surface area (Å²) in [6, 6.07) is 5.62. The zero-order chi connectivity index (χ0) is 14.8. The van der Waals surface area contributed by atoms with Crippen LogP contribution >= 0.6 is 0 Å². The fraction of sp³-hybridized carbons (Fsp3) is 0.500. The molecule has 1 aromatic carbocycles. The van der Waals surface area contributed by atoms with Gasteiger partial charge in [-0.25, -0.2) is 0 Å². The number of aryl methyl sites for hydroxylation is 2. The van der Waals surface area contributed by atoms with Crippen LogP contribution in [0.5, 0.6) is 0 Å². The number of alkyl halides is 3. The molecule has 0 saturated heterocycles. The molecule has 1 aliphatic rings. The number of fused-ring (bicyclic) bond motifs is 1. The first kappa shape index (κ1) is 14.8. The number of hydrogen-bond donors (Lipinski definition) is 1. The Morgan fingerprint density at radius 3 is 2.60 bits per heavy atom. The van der Waals surface area contributed by atoms with Crippen LogP contribution in [-0.4, -0.2) is 35.2 Å². The second kappa shape index (κ2) is 5.83. The van der Waals surface area contributed by atoms with Crippen molar-refractivity contribution in [3.63, 3.8) is 0 Å². The molecule has 0 radical (unpaired) electrons. The van der Waals surface area contributed by atoms with Crippen molar-refractivity contribution < 1.29 is 23.1 Å². The number of aliphatic carboxylic acids is 1. The fourth-order valence-electron chi connectivity index (χ4n) is 2.59. The summed E-state index contributed by atoms with van der Waals surface area (Å²) in [6.45, 7) is -1.83. The highest BCUT2D eigenvalue weighted by Gasteiger charge is 2.31. The van der Waals surface area contributed by atoms with Crippen molar-refractivity contribution in [3.8, 4) is 0 Å². The molecule has 1 aliphatic carbocycles. The highest BCUT2D eigenvalue weighted by Crippen LogP contribution is 2.24. The van der Waals surface area contributed by atoms with Crippen LogP contribution in [0.2, 0.25) is 0 Å². The molecule has 0 saturated carbocycles. The monoisotopic (exact) mass is 287 g/mol. The zero-order valence-corrected chi connectivity index (χ0v) is 10.9. The summed E-state index contributed by atoms with van der Waals surface area (Å²) in [7, 11) is 0. The lowest BCUT2D eigenvalue weighted by Gasteiger charge is -2.22. The van der Waals surface area contributed by atoms with Gasteiger partial charge in [-0.05, 0) is 36.0 Å². The van der Waals surface area contributed by atoms with Crippen LogP contribution in [0, 0.1) is 0 Å². The van der Waals surface area contributed by atoms with Gasteiger partial charge in [0.25, 0.3) is 0 Å². The predicted molar refractivity (Wildman–Crippen MR) is 67.4 cm³/mol. The van der Waals surface area contributed by atoms with Crippen molar-refractivity contribution in [1.29, 1.82) is 0 Å². The normalized spacial score (nSPS) is 14.6. The number of nitrogens with zero attached hydrogens (tertiary/aromatic N) is 1. The number of rotatable bonds is 5. The third-order valence-corrected chi connectivity index (χ3v) is 3.33. The van der Waals surface area contributed by atoms with E-state index in [9.17, 15) is 18.0 Å². The smallest absolute Gasteiger partial charge is 0.401 e. The Morgan fingerprint density at radius 1 is 1.25 bits per heavy atom. The lowest BCUT2D eigenvalue weighted by molar-refractivity contribution is -0.154. The van der Waals surface area contributed by atoms with Crippen molar-refractivity contribution in [2.45, 2.75) is 32.0 Å². The van der Waals surface area contributed by atoms with E-state index in [2.05, 4.69) is 0 Å². The number of benzene rings is 1. The molecule has 0 spiro atoms. The first-order chi connectivity index (χ1) is 9.33. The van der Waals surface area contributed by atoms with Crippen molar-refractivity contribution in [3.05, 3.63) is 34.9 Å². The van der Waals surface area contributed by atoms with Crippen LogP contribution in [-0.2, 0) is 24.2 Å². The van der Waals surface area contributed by atoms with Crippen molar-refractivity contribution in [1.82, 2.24) is 4.90 Å². The van der Waals surface area contributed by atoms with Gasteiger partial charge >= 0.3 is 12.1 Å². The Kier molecular flexibility index (Phi) is 4.32. The summed E-state index contributed by atoms with van der Waals surface area (Å²) in [6.07, 6.45) is -1.37. The first-order valence-corrected chi connectivity index (χ1v) is 6.45. The second-order valence-corrected chi connectivity index (χ2v) is 5.11. The molecule has 20 heavy (non-hydrogen) atoms. The van der Waals surface area contributed by atoms with E-state index in [1.165, 1.54) is 11.1 Å². The Balaban J connectivity index is 2.08. The molecule has 2 rings (SSSR count). The fourth-order valence-corrected chi connectivity index (χ4v) is 2.59. The van der Waals surface area contributed by atoms with Gasteiger partial charge in [0.05, 0.1) is 13.1 Å². The van der Waals surface area contributed by atoms with Gasteiger partial charge in [0.15, 0.2) is 0 Å². The van der Waals surface area contributed by atoms with Crippen LogP contribution in [0.3, 0.4) is 0 Å². The van der Waals surface area contributed by atoms with Crippen LogP contribution in [0.4, 0.5) is 13.2 Å². The predicted octanol–water partition coefficient (Wildman–Crippen LogP) is 2.62. The van der Waals surface area contributed by atoms with E-state index in [0.29, 0.717) is 0 Å². The Bertz CT molecular complexity index is 500. The Hall–Kier alpha value is -1.56. The van der Waals surface area contributed by atoms with E-state index in [-0.39, 0.29) is 6.54 Å². The van der Waals surface area contributed by atoms with E-state index in [4.69, 9.17) is 5.11 Å². The lowest BCUT2D eigenvalue weighted by Crippen LogP contribution is -2.37. The van der Waals surface area contributed by atoms with Crippen molar-refractivity contribution >= 4 is 5.97 Å². The standard InChI is InChI=1S/C14H16F3NO2/c15-14(16,17)9-18(8-13(19)20)7-10-4-5-11-2-1-3-12(11)6-10/h4-6H,1-3,7-9H2,(H,19,20). The van der Waals surface area contributed by atoms with E-state index in [1.54, 1.807) is 6.07 Å². The van der Waals surface area contributed by atoms with Gasteiger partial charge < -0.3 is 5.11 Å². The van der Waals surface area contributed by atoms with Gasteiger partial charge in [-0.3, -0.25) is 9.69 Å². The highest BCUT2D eigenvalue weighted by molar-refractivity contribution is 5.69. The van der Waals surface area contributed by atoms with E-state index < -0.39 is 25.2 Å². The summed E-state index contributed by atoms with van der Waals surface area (Å²) in [5.74, 6) is -1.25. The first-order valence-electron chi connectivity index (χ1n) is 6.45. The van der Waals surface area contributed by atoms with E-state index in [0.717, 1.165) is 29.7 Å².